The van der Waals surface area contributed by atoms with E-state index in [1.54, 1.807) is 0 Å². The summed E-state index contributed by atoms with van der Waals surface area (Å²) in [5.41, 5.74) is 2.18. The van der Waals surface area contributed by atoms with Crippen LogP contribution >= 0.6 is 0 Å². The normalized spacial score (nSPS) is 16.9. The summed E-state index contributed by atoms with van der Waals surface area (Å²) in [7, 11) is 0. The van der Waals surface area contributed by atoms with E-state index in [1.807, 2.05) is 19.2 Å². The third kappa shape index (κ3) is 3.70. The van der Waals surface area contributed by atoms with Gasteiger partial charge in [-0.2, -0.15) is 0 Å². The zero-order valence-electron chi connectivity index (χ0n) is 11.9. The summed E-state index contributed by atoms with van der Waals surface area (Å²) in [6.07, 6.45) is 4.77. The number of hydrogen-bond acceptors (Lipinski definition) is 3. The maximum absolute atomic E-state index is 6.06. The standard InChI is InChI=1S/C15H24N2O/c1-10(2)12(4)18-15-7-11(3)16-8-13(15)9-17-14-5-6-14/h7-8,10,12,14,17H,5-6,9H2,1-4H3. The second-order valence-corrected chi connectivity index (χ2v) is 5.66. The van der Waals surface area contributed by atoms with Crippen LogP contribution in [0.2, 0.25) is 0 Å². The first-order valence-corrected chi connectivity index (χ1v) is 6.92. The molecule has 1 heterocycles. The van der Waals surface area contributed by atoms with E-state index in [-0.39, 0.29) is 6.10 Å². The monoisotopic (exact) mass is 248 g/mol. The highest BCUT2D eigenvalue weighted by Crippen LogP contribution is 2.24. The van der Waals surface area contributed by atoms with Gasteiger partial charge in [-0.3, -0.25) is 4.98 Å². The van der Waals surface area contributed by atoms with Crippen LogP contribution in [0, 0.1) is 12.8 Å². The van der Waals surface area contributed by atoms with Gasteiger partial charge >= 0.3 is 0 Å². The Morgan fingerprint density at radius 2 is 2.11 bits per heavy atom. The summed E-state index contributed by atoms with van der Waals surface area (Å²) in [6.45, 7) is 9.35. The first-order chi connectivity index (χ1) is 8.56. The molecule has 0 aromatic carbocycles. The molecule has 1 atom stereocenters. The van der Waals surface area contributed by atoms with Gasteiger partial charge in [0.1, 0.15) is 5.75 Å². The van der Waals surface area contributed by atoms with Crippen molar-refractivity contribution in [3.63, 3.8) is 0 Å². The van der Waals surface area contributed by atoms with Gasteiger partial charge < -0.3 is 10.1 Å². The highest BCUT2D eigenvalue weighted by atomic mass is 16.5. The molecule has 1 unspecified atom stereocenters. The van der Waals surface area contributed by atoms with Crippen LogP contribution in [-0.2, 0) is 6.54 Å². The van der Waals surface area contributed by atoms with Crippen LogP contribution in [-0.4, -0.2) is 17.1 Å². The van der Waals surface area contributed by atoms with Crippen molar-refractivity contribution in [1.82, 2.24) is 10.3 Å². The fourth-order valence-corrected chi connectivity index (χ4v) is 1.68. The van der Waals surface area contributed by atoms with Gasteiger partial charge in [-0.1, -0.05) is 13.8 Å². The number of pyridine rings is 1. The third-order valence-electron chi connectivity index (χ3n) is 3.49. The Morgan fingerprint density at radius 1 is 1.39 bits per heavy atom. The second-order valence-electron chi connectivity index (χ2n) is 5.66. The quantitative estimate of drug-likeness (QED) is 0.840. The summed E-state index contributed by atoms with van der Waals surface area (Å²) in [5.74, 6) is 1.50. The minimum atomic E-state index is 0.228. The van der Waals surface area contributed by atoms with Crippen LogP contribution in [0.25, 0.3) is 0 Å². The van der Waals surface area contributed by atoms with Crippen LogP contribution in [0.5, 0.6) is 5.75 Å². The lowest BCUT2D eigenvalue weighted by atomic mass is 10.1. The van der Waals surface area contributed by atoms with Gasteiger partial charge in [-0.25, -0.2) is 0 Å². The Balaban J connectivity index is 2.06. The Bertz CT molecular complexity index is 399. The molecule has 100 valence electrons. The molecular weight excluding hydrogens is 224 g/mol. The lowest BCUT2D eigenvalue weighted by Gasteiger charge is -2.20. The van der Waals surface area contributed by atoms with E-state index in [2.05, 4.69) is 31.1 Å². The number of aromatic nitrogens is 1. The predicted octanol–water partition coefficient (Wildman–Crippen LogP) is 3.07. The largest absolute Gasteiger partial charge is 0.490 e. The summed E-state index contributed by atoms with van der Waals surface area (Å²) in [4.78, 5) is 4.37. The third-order valence-corrected chi connectivity index (χ3v) is 3.49. The van der Waals surface area contributed by atoms with Gasteiger partial charge in [0.2, 0.25) is 0 Å². The fraction of sp³-hybridized carbons (Fsp3) is 0.667. The molecule has 1 aromatic rings. The average Bonchev–Trinajstić information content (AvgIpc) is 3.11. The molecule has 2 rings (SSSR count). The summed E-state index contributed by atoms with van der Waals surface area (Å²) >= 11 is 0. The van der Waals surface area contributed by atoms with Crippen LogP contribution in [0.1, 0.15) is 44.9 Å². The first-order valence-electron chi connectivity index (χ1n) is 6.92. The average molecular weight is 248 g/mol. The van der Waals surface area contributed by atoms with Gasteiger partial charge in [0.15, 0.2) is 0 Å². The molecule has 3 heteroatoms. The molecule has 3 nitrogen and oxygen atoms in total. The van der Waals surface area contributed by atoms with Crippen molar-refractivity contribution in [1.29, 1.82) is 0 Å². The summed E-state index contributed by atoms with van der Waals surface area (Å²) in [5, 5.41) is 3.52. The molecule has 0 amide bonds. The number of hydrogen-bond donors (Lipinski definition) is 1. The van der Waals surface area contributed by atoms with E-state index in [1.165, 1.54) is 18.4 Å². The number of aryl methyl sites for hydroxylation is 1. The van der Waals surface area contributed by atoms with Crippen LogP contribution in [0.4, 0.5) is 0 Å². The maximum Gasteiger partial charge on any atom is 0.127 e. The van der Waals surface area contributed by atoms with Gasteiger partial charge in [0, 0.05) is 36.1 Å². The fourth-order valence-electron chi connectivity index (χ4n) is 1.68. The molecule has 1 saturated carbocycles. The zero-order chi connectivity index (χ0) is 13.1. The van der Waals surface area contributed by atoms with Crippen molar-refractivity contribution in [3.05, 3.63) is 23.5 Å². The molecule has 1 N–H and O–H groups in total. The second kappa shape index (κ2) is 5.70. The smallest absolute Gasteiger partial charge is 0.127 e. The van der Waals surface area contributed by atoms with Crippen molar-refractivity contribution < 1.29 is 4.74 Å². The predicted molar refractivity (Wildman–Crippen MR) is 73.8 cm³/mol. The maximum atomic E-state index is 6.06. The molecular formula is C15H24N2O. The summed E-state index contributed by atoms with van der Waals surface area (Å²) in [6, 6.07) is 2.75. The van der Waals surface area contributed by atoms with E-state index >= 15 is 0 Å². The molecule has 1 aromatic heterocycles. The molecule has 1 aliphatic rings. The molecule has 0 spiro atoms. The highest BCUT2D eigenvalue weighted by molar-refractivity contribution is 5.33. The van der Waals surface area contributed by atoms with Crippen molar-refractivity contribution in [2.45, 2.75) is 59.2 Å². The van der Waals surface area contributed by atoms with Crippen molar-refractivity contribution >= 4 is 0 Å². The van der Waals surface area contributed by atoms with E-state index in [9.17, 15) is 0 Å². The van der Waals surface area contributed by atoms with Crippen molar-refractivity contribution in [2.75, 3.05) is 0 Å². The molecule has 0 radical (unpaired) electrons. The number of nitrogens with one attached hydrogen (secondary N) is 1. The molecule has 0 aliphatic heterocycles. The van der Waals surface area contributed by atoms with Gasteiger partial charge in [0.05, 0.1) is 6.10 Å². The SMILES string of the molecule is Cc1cc(OC(C)C(C)C)c(CNC2CC2)cn1. The lowest BCUT2D eigenvalue weighted by molar-refractivity contribution is 0.168. The molecule has 18 heavy (non-hydrogen) atoms. The Labute approximate surface area is 110 Å². The topological polar surface area (TPSA) is 34.1 Å². The Morgan fingerprint density at radius 3 is 2.72 bits per heavy atom. The first kappa shape index (κ1) is 13.3. The zero-order valence-corrected chi connectivity index (χ0v) is 11.9. The van der Waals surface area contributed by atoms with Gasteiger partial charge in [0.25, 0.3) is 0 Å². The molecule has 1 fully saturated rings. The van der Waals surface area contributed by atoms with E-state index in [0.29, 0.717) is 12.0 Å². The number of nitrogens with zero attached hydrogens (tertiary/aromatic N) is 1. The summed E-state index contributed by atoms with van der Waals surface area (Å²) < 4.78 is 6.06. The van der Waals surface area contributed by atoms with Crippen LogP contribution in [0.15, 0.2) is 12.3 Å². The Kier molecular flexibility index (Phi) is 4.23. The van der Waals surface area contributed by atoms with Crippen molar-refractivity contribution in [3.8, 4) is 5.75 Å². The lowest BCUT2D eigenvalue weighted by Crippen LogP contribution is -2.21. The number of ether oxygens (including phenoxy) is 1. The van der Waals surface area contributed by atoms with E-state index < -0.39 is 0 Å². The number of rotatable bonds is 6. The van der Waals surface area contributed by atoms with Crippen LogP contribution < -0.4 is 10.1 Å². The minimum Gasteiger partial charge on any atom is -0.490 e. The molecule has 0 saturated heterocycles. The molecule has 1 aliphatic carbocycles. The Hall–Kier alpha value is -1.09. The van der Waals surface area contributed by atoms with Crippen LogP contribution in [0.3, 0.4) is 0 Å². The van der Waals surface area contributed by atoms with E-state index in [0.717, 1.165) is 18.0 Å². The van der Waals surface area contributed by atoms with Gasteiger partial charge in [-0.15, -0.1) is 0 Å². The van der Waals surface area contributed by atoms with E-state index in [4.69, 9.17) is 4.74 Å². The molecule has 0 bridgehead atoms. The van der Waals surface area contributed by atoms with Crippen molar-refractivity contribution in [2.24, 2.45) is 5.92 Å². The highest BCUT2D eigenvalue weighted by Gasteiger charge is 2.21. The minimum absolute atomic E-state index is 0.228. The van der Waals surface area contributed by atoms with Gasteiger partial charge in [-0.05, 0) is 32.6 Å².